The van der Waals surface area contributed by atoms with Gasteiger partial charge < -0.3 is 9.73 Å². The molecule has 0 unspecified atom stereocenters. The van der Waals surface area contributed by atoms with Crippen LogP contribution in [0.3, 0.4) is 0 Å². The van der Waals surface area contributed by atoms with Crippen LogP contribution < -0.4 is 5.32 Å². The summed E-state index contributed by atoms with van der Waals surface area (Å²) in [5.74, 6) is 0.816. The lowest BCUT2D eigenvalue weighted by atomic mass is 10.3. The molecule has 2 rings (SSSR count). The van der Waals surface area contributed by atoms with Gasteiger partial charge in [0.25, 0.3) is 0 Å². The van der Waals surface area contributed by atoms with Crippen molar-refractivity contribution in [1.82, 2.24) is 0 Å². The molecule has 2 aromatic rings. The van der Waals surface area contributed by atoms with Gasteiger partial charge in [0.05, 0.1) is 28.0 Å². The van der Waals surface area contributed by atoms with Crippen LogP contribution in [0.5, 0.6) is 0 Å². The standard InChI is InChI=1S/C11H8BrCl2NO/c12-8-3-4-16-11(8)6-15-10-5-7(13)1-2-9(10)14/h1-5,15H,6H2. The topological polar surface area (TPSA) is 25.2 Å². The van der Waals surface area contributed by atoms with Crippen molar-refractivity contribution in [1.29, 1.82) is 0 Å². The molecule has 1 N–H and O–H groups in total. The molecule has 0 spiro atoms. The number of hydrogen-bond acceptors (Lipinski definition) is 2. The van der Waals surface area contributed by atoms with E-state index in [1.165, 1.54) is 0 Å². The molecule has 2 nitrogen and oxygen atoms in total. The van der Waals surface area contributed by atoms with E-state index in [1.807, 2.05) is 6.07 Å². The summed E-state index contributed by atoms with van der Waals surface area (Å²) in [4.78, 5) is 0. The average Bonchev–Trinajstić information content (AvgIpc) is 2.66. The predicted octanol–water partition coefficient (Wildman–Crippen LogP) is 4.96. The van der Waals surface area contributed by atoms with Crippen LogP contribution in [0.15, 0.2) is 39.4 Å². The fraction of sp³-hybridized carbons (Fsp3) is 0.0909. The third-order valence-electron chi connectivity index (χ3n) is 2.06. The number of nitrogens with one attached hydrogen (secondary N) is 1. The summed E-state index contributed by atoms with van der Waals surface area (Å²) in [6.07, 6.45) is 1.63. The Morgan fingerprint density at radius 3 is 2.75 bits per heavy atom. The number of benzene rings is 1. The highest BCUT2D eigenvalue weighted by atomic mass is 79.9. The molecule has 0 amide bonds. The molecule has 16 heavy (non-hydrogen) atoms. The fourth-order valence-electron chi connectivity index (χ4n) is 1.26. The zero-order valence-electron chi connectivity index (χ0n) is 8.14. The molecule has 0 atom stereocenters. The van der Waals surface area contributed by atoms with Gasteiger partial charge in [-0.15, -0.1) is 0 Å². The quantitative estimate of drug-likeness (QED) is 0.864. The third kappa shape index (κ3) is 2.73. The molecule has 1 aromatic heterocycles. The van der Waals surface area contributed by atoms with E-state index in [-0.39, 0.29) is 0 Å². The van der Waals surface area contributed by atoms with E-state index in [0.29, 0.717) is 16.6 Å². The fourth-order valence-corrected chi connectivity index (χ4v) is 1.96. The van der Waals surface area contributed by atoms with Gasteiger partial charge in [0.1, 0.15) is 5.76 Å². The van der Waals surface area contributed by atoms with Crippen LogP contribution in [-0.4, -0.2) is 0 Å². The van der Waals surface area contributed by atoms with Gasteiger partial charge in [-0.25, -0.2) is 0 Å². The van der Waals surface area contributed by atoms with Crippen molar-refractivity contribution in [2.75, 3.05) is 5.32 Å². The minimum absolute atomic E-state index is 0.549. The van der Waals surface area contributed by atoms with E-state index in [1.54, 1.807) is 24.5 Å². The van der Waals surface area contributed by atoms with Gasteiger partial charge in [-0.1, -0.05) is 23.2 Å². The minimum Gasteiger partial charge on any atom is -0.466 e. The van der Waals surface area contributed by atoms with Crippen LogP contribution in [0.2, 0.25) is 10.0 Å². The zero-order chi connectivity index (χ0) is 11.5. The van der Waals surface area contributed by atoms with E-state index < -0.39 is 0 Å². The number of halogens is 3. The Hall–Kier alpha value is -0.640. The number of furan rings is 1. The smallest absolute Gasteiger partial charge is 0.136 e. The highest BCUT2D eigenvalue weighted by molar-refractivity contribution is 9.10. The molecule has 0 fully saturated rings. The normalized spacial score (nSPS) is 10.4. The summed E-state index contributed by atoms with van der Waals surface area (Å²) in [5.41, 5.74) is 0.789. The Balaban J connectivity index is 2.10. The number of anilines is 1. The van der Waals surface area contributed by atoms with Crippen molar-refractivity contribution in [2.24, 2.45) is 0 Å². The molecule has 0 bridgehead atoms. The summed E-state index contributed by atoms with van der Waals surface area (Å²) < 4.78 is 6.20. The molecule has 1 aromatic carbocycles. The second kappa shape index (κ2) is 5.13. The lowest BCUT2D eigenvalue weighted by Crippen LogP contribution is -1.99. The summed E-state index contributed by atoms with van der Waals surface area (Å²) in [7, 11) is 0. The first-order valence-corrected chi connectivity index (χ1v) is 6.12. The van der Waals surface area contributed by atoms with Gasteiger partial charge in [0.2, 0.25) is 0 Å². The van der Waals surface area contributed by atoms with Gasteiger partial charge in [-0.3, -0.25) is 0 Å². The Morgan fingerprint density at radius 2 is 2.06 bits per heavy atom. The monoisotopic (exact) mass is 319 g/mol. The van der Waals surface area contributed by atoms with Crippen LogP contribution in [0.1, 0.15) is 5.76 Å². The molecule has 84 valence electrons. The second-order valence-electron chi connectivity index (χ2n) is 3.17. The van der Waals surface area contributed by atoms with Gasteiger partial charge in [0, 0.05) is 5.02 Å². The van der Waals surface area contributed by atoms with Crippen molar-refractivity contribution < 1.29 is 4.42 Å². The molecule has 1 heterocycles. The summed E-state index contributed by atoms with van der Waals surface area (Å²) in [6.45, 7) is 0.549. The van der Waals surface area contributed by atoms with Crippen molar-refractivity contribution in [3.63, 3.8) is 0 Å². The van der Waals surface area contributed by atoms with Gasteiger partial charge >= 0.3 is 0 Å². The Labute approximate surface area is 112 Å². The van der Waals surface area contributed by atoms with E-state index >= 15 is 0 Å². The number of hydrogen-bond donors (Lipinski definition) is 1. The second-order valence-corrected chi connectivity index (χ2v) is 4.87. The maximum atomic E-state index is 6.01. The molecule has 0 radical (unpaired) electrons. The molecule has 0 aliphatic carbocycles. The molecule has 0 aliphatic rings. The Bertz CT molecular complexity index is 498. The lowest BCUT2D eigenvalue weighted by Gasteiger charge is -2.07. The van der Waals surface area contributed by atoms with Gasteiger partial charge in [0.15, 0.2) is 0 Å². The minimum atomic E-state index is 0.549. The number of rotatable bonds is 3. The van der Waals surface area contributed by atoms with Crippen LogP contribution in [-0.2, 0) is 6.54 Å². The predicted molar refractivity (Wildman–Crippen MR) is 70.2 cm³/mol. The maximum absolute atomic E-state index is 6.01. The Kier molecular flexibility index (Phi) is 3.79. The summed E-state index contributed by atoms with van der Waals surface area (Å²) >= 11 is 15.3. The molecular formula is C11H8BrCl2NO. The Morgan fingerprint density at radius 1 is 1.25 bits per heavy atom. The highest BCUT2D eigenvalue weighted by Crippen LogP contribution is 2.26. The van der Waals surface area contributed by atoms with Crippen molar-refractivity contribution >= 4 is 44.8 Å². The zero-order valence-corrected chi connectivity index (χ0v) is 11.2. The van der Waals surface area contributed by atoms with Crippen molar-refractivity contribution in [3.05, 3.63) is 50.8 Å². The van der Waals surface area contributed by atoms with Crippen molar-refractivity contribution in [3.8, 4) is 0 Å². The van der Waals surface area contributed by atoms with Gasteiger partial charge in [-0.05, 0) is 40.2 Å². The largest absolute Gasteiger partial charge is 0.466 e. The molecule has 0 saturated carbocycles. The van der Waals surface area contributed by atoms with Gasteiger partial charge in [-0.2, -0.15) is 0 Å². The third-order valence-corrected chi connectivity index (χ3v) is 3.33. The molecule has 5 heteroatoms. The SMILES string of the molecule is Clc1ccc(Cl)c(NCc2occc2Br)c1. The highest BCUT2D eigenvalue weighted by Gasteiger charge is 2.05. The van der Waals surface area contributed by atoms with E-state index in [0.717, 1.165) is 15.9 Å². The first kappa shape index (κ1) is 11.8. The molecule has 0 saturated heterocycles. The summed E-state index contributed by atoms with van der Waals surface area (Å²) in [6, 6.07) is 7.12. The first-order chi connectivity index (χ1) is 7.66. The van der Waals surface area contributed by atoms with Crippen molar-refractivity contribution in [2.45, 2.75) is 6.54 Å². The lowest BCUT2D eigenvalue weighted by molar-refractivity contribution is 0.516. The first-order valence-electron chi connectivity index (χ1n) is 4.57. The van der Waals surface area contributed by atoms with E-state index in [4.69, 9.17) is 27.6 Å². The summed E-state index contributed by atoms with van der Waals surface area (Å²) in [5, 5.41) is 4.43. The molecular weight excluding hydrogens is 313 g/mol. The van der Waals surface area contributed by atoms with Crippen LogP contribution >= 0.6 is 39.1 Å². The van der Waals surface area contributed by atoms with Crippen LogP contribution in [0.25, 0.3) is 0 Å². The maximum Gasteiger partial charge on any atom is 0.136 e. The van der Waals surface area contributed by atoms with E-state index in [9.17, 15) is 0 Å². The van der Waals surface area contributed by atoms with E-state index in [2.05, 4.69) is 21.2 Å². The molecule has 0 aliphatic heterocycles. The van der Waals surface area contributed by atoms with Crippen LogP contribution in [0, 0.1) is 0 Å². The average molecular weight is 321 g/mol. The van der Waals surface area contributed by atoms with Crippen LogP contribution in [0.4, 0.5) is 5.69 Å².